The molecule has 0 amide bonds. The summed E-state index contributed by atoms with van der Waals surface area (Å²) < 4.78 is 16.9. The Morgan fingerprint density at radius 1 is 0.259 bits per heavy atom. The zero-order valence-corrected chi connectivity index (χ0v) is 52.8. The quantitative estimate of drug-likeness (QED) is 0.0261. The summed E-state index contributed by atoms with van der Waals surface area (Å²) in [4.78, 5) is 38.4. The largest absolute Gasteiger partial charge is 0.462 e. The zero-order chi connectivity index (χ0) is 58.5. The van der Waals surface area contributed by atoms with Gasteiger partial charge in [0.1, 0.15) is 13.2 Å². The van der Waals surface area contributed by atoms with E-state index in [1.165, 1.54) is 116 Å². The van der Waals surface area contributed by atoms with Crippen molar-refractivity contribution >= 4 is 17.9 Å². The van der Waals surface area contributed by atoms with Crippen molar-refractivity contribution in [2.24, 2.45) is 0 Å². The maximum atomic E-state index is 12.9. The molecule has 0 aliphatic carbocycles. The minimum absolute atomic E-state index is 0.0930. The summed E-state index contributed by atoms with van der Waals surface area (Å²) in [6, 6.07) is 0. The van der Waals surface area contributed by atoms with E-state index >= 15 is 0 Å². The molecule has 1 unspecified atom stereocenters. The van der Waals surface area contributed by atoms with Gasteiger partial charge in [-0.05, 0) is 141 Å². The molecule has 0 spiro atoms. The Balaban J connectivity index is 4.37. The highest BCUT2D eigenvalue weighted by atomic mass is 16.6. The van der Waals surface area contributed by atoms with Gasteiger partial charge in [-0.1, -0.05) is 276 Å². The van der Waals surface area contributed by atoms with Gasteiger partial charge in [-0.2, -0.15) is 0 Å². The van der Waals surface area contributed by atoms with Crippen LogP contribution >= 0.6 is 0 Å². The predicted molar refractivity (Wildman–Crippen MR) is 353 cm³/mol. The van der Waals surface area contributed by atoms with Gasteiger partial charge in [-0.25, -0.2) is 0 Å². The summed E-state index contributed by atoms with van der Waals surface area (Å²) in [6.07, 6.45) is 96.0. The van der Waals surface area contributed by atoms with Crippen LogP contribution < -0.4 is 0 Å². The van der Waals surface area contributed by atoms with E-state index in [-0.39, 0.29) is 31.1 Å². The molecule has 0 aromatic carbocycles. The van der Waals surface area contributed by atoms with Gasteiger partial charge in [-0.3, -0.25) is 14.4 Å². The number of hydrogen-bond donors (Lipinski definition) is 0. The highest BCUT2D eigenvalue weighted by Gasteiger charge is 2.19. The van der Waals surface area contributed by atoms with Crippen molar-refractivity contribution in [2.75, 3.05) is 13.2 Å². The smallest absolute Gasteiger partial charge is 0.306 e. The van der Waals surface area contributed by atoms with E-state index in [0.29, 0.717) is 19.3 Å². The van der Waals surface area contributed by atoms with Gasteiger partial charge < -0.3 is 14.2 Å². The first-order valence-corrected chi connectivity index (χ1v) is 33.7. The van der Waals surface area contributed by atoms with Gasteiger partial charge in [-0.15, -0.1) is 0 Å². The number of ether oxygens (including phenoxy) is 3. The molecule has 81 heavy (non-hydrogen) atoms. The number of carbonyl (C=O) groups is 3. The van der Waals surface area contributed by atoms with Crippen LogP contribution in [0.5, 0.6) is 0 Å². The number of carbonyl (C=O) groups excluding carboxylic acids is 3. The van der Waals surface area contributed by atoms with E-state index in [1.54, 1.807) is 0 Å². The molecule has 0 N–H and O–H groups in total. The lowest BCUT2D eigenvalue weighted by atomic mass is 10.1. The third-order valence-corrected chi connectivity index (χ3v) is 14.1. The molecule has 0 saturated carbocycles. The second-order valence-electron chi connectivity index (χ2n) is 22.0. The molecule has 460 valence electrons. The summed E-state index contributed by atoms with van der Waals surface area (Å²) in [5.41, 5.74) is 0. The first kappa shape index (κ1) is 76.5. The summed E-state index contributed by atoms with van der Waals surface area (Å²) in [5.74, 6) is -0.919. The number of rotatable bonds is 60. The molecule has 0 aliphatic rings. The van der Waals surface area contributed by atoms with Crippen LogP contribution in [0.25, 0.3) is 0 Å². The fourth-order valence-corrected chi connectivity index (χ4v) is 9.07. The molecule has 0 saturated heterocycles. The topological polar surface area (TPSA) is 78.9 Å². The predicted octanol–water partition coefficient (Wildman–Crippen LogP) is 23.3. The highest BCUT2D eigenvalue weighted by Crippen LogP contribution is 2.15. The molecule has 0 aliphatic heterocycles. The Bertz CT molecular complexity index is 1720. The van der Waals surface area contributed by atoms with Gasteiger partial charge >= 0.3 is 17.9 Å². The van der Waals surface area contributed by atoms with Crippen LogP contribution in [0.4, 0.5) is 0 Å². The first-order valence-electron chi connectivity index (χ1n) is 33.7. The van der Waals surface area contributed by atoms with Crippen molar-refractivity contribution in [3.05, 3.63) is 134 Å². The minimum atomic E-state index is -0.799. The molecule has 0 bridgehead atoms. The molecule has 0 rings (SSSR count). The monoisotopic (exact) mass is 1120 g/mol. The van der Waals surface area contributed by atoms with Gasteiger partial charge in [0.2, 0.25) is 0 Å². The molecule has 1 atom stereocenters. The third-order valence-electron chi connectivity index (χ3n) is 14.1. The number of unbranched alkanes of at least 4 members (excludes halogenated alkanes) is 27. The average Bonchev–Trinajstić information content (AvgIpc) is 3.47. The van der Waals surface area contributed by atoms with Crippen molar-refractivity contribution in [3.8, 4) is 0 Å². The van der Waals surface area contributed by atoms with E-state index in [1.807, 2.05) is 0 Å². The normalized spacial score (nSPS) is 13.0. The van der Waals surface area contributed by atoms with Gasteiger partial charge in [0, 0.05) is 19.3 Å². The Hall–Kier alpha value is -4.45. The van der Waals surface area contributed by atoms with Crippen LogP contribution in [0, 0.1) is 0 Å². The Labute approximate surface area is 500 Å². The summed E-state index contributed by atoms with van der Waals surface area (Å²) >= 11 is 0. The third kappa shape index (κ3) is 66.2. The van der Waals surface area contributed by atoms with E-state index in [2.05, 4.69) is 154 Å². The second-order valence-corrected chi connectivity index (χ2v) is 22.0. The number of hydrogen-bond acceptors (Lipinski definition) is 6. The van der Waals surface area contributed by atoms with Gasteiger partial charge in [0.15, 0.2) is 6.10 Å². The summed E-state index contributed by atoms with van der Waals surface area (Å²) in [7, 11) is 0. The summed E-state index contributed by atoms with van der Waals surface area (Å²) in [5, 5.41) is 0. The van der Waals surface area contributed by atoms with E-state index in [9.17, 15) is 14.4 Å². The second kappa shape index (κ2) is 68.1. The molecule has 0 aromatic rings. The molecule has 6 nitrogen and oxygen atoms in total. The van der Waals surface area contributed by atoms with Gasteiger partial charge in [0.25, 0.3) is 0 Å². The van der Waals surface area contributed by atoms with Crippen LogP contribution in [0.2, 0.25) is 0 Å². The van der Waals surface area contributed by atoms with Crippen molar-refractivity contribution in [1.29, 1.82) is 0 Å². The van der Waals surface area contributed by atoms with Crippen molar-refractivity contribution < 1.29 is 28.6 Å². The highest BCUT2D eigenvalue weighted by molar-refractivity contribution is 5.71. The maximum absolute atomic E-state index is 12.9. The fraction of sp³-hybridized carbons (Fsp3) is 0.667. The van der Waals surface area contributed by atoms with E-state index in [0.717, 1.165) is 148 Å². The number of allylic oxidation sites excluding steroid dienone is 22. The Morgan fingerprint density at radius 2 is 0.481 bits per heavy atom. The molecular weight excluding hydrogens is 997 g/mol. The van der Waals surface area contributed by atoms with Crippen LogP contribution in [0.3, 0.4) is 0 Å². The molecule has 0 fully saturated rings. The standard InChI is InChI=1S/C75H124O6/c1-4-7-10-13-16-19-22-25-28-30-32-33-34-35-36-37-38-39-40-41-43-44-47-50-53-56-59-62-65-68-74(77)80-71-72(70-79-73(76)67-64-61-58-55-52-49-46-27-24-21-18-15-12-9-6-3)81-75(78)69-66-63-60-57-54-51-48-45-42-31-29-26-23-20-17-14-11-8-5-2/h7,10,16-21,25-29,32-33,35-36,38-39,42,45-46,72H,4-6,8-9,11-15,22-24,30-31,34,37,40-41,43-44,47-71H2,1-3H3/b10-7-,19-16-,20-17-,21-18-,28-25-,29-26-,33-32-,36-35-,39-38-,45-42-,46-27-. The molecule has 0 heterocycles. The van der Waals surface area contributed by atoms with Gasteiger partial charge in [0.05, 0.1) is 0 Å². The zero-order valence-electron chi connectivity index (χ0n) is 52.8. The van der Waals surface area contributed by atoms with Crippen LogP contribution in [-0.4, -0.2) is 37.2 Å². The molecule has 6 heteroatoms. The average molecular weight is 1120 g/mol. The SMILES string of the molecule is CC/C=C\C/C=C\C/C=C\C/C=C\C/C=C\C/C=C\CCCCCCCCCCCCC(=O)OCC(COC(=O)CCCCCCC/C=C\C/C=C\CCCCC)OC(=O)CCCCCCCC/C=C\C/C=C\C/C=C\CCCCC. The molecular formula is C75H124O6. The van der Waals surface area contributed by atoms with E-state index < -0.39 is 6.10 Å². The van der Waals surface area contributed by atoms with Crippen molar-refractivity contribution in [1.82, 2.24) is 0 Å². The lowest BCUT2D eigenvalue weighted by Crippen LogP contribution is -2.30. The Kier molecular flexibility index (Phi) is 64.3. The Morgan fingerprint density at radius 3 is 0.753 bits per heavy atom. The number of esters is 3. The van der Waals surface area contributed by atoms with E-state index in [4.69, 9.17) is 14.2 Å². The fourth-order valence-electron chi connectivity index (χ4n) is 9.07. The molecule has 0 radical (unpaired) electrons. The maximum Gasteiger partial charge on any atom is 0.306 e. The minimum Gasteiger partial charge on any atom is -0.462 e. The lowest BCUT2D eigenvalue weighted by Gasteiger charge is -2.18. The summed E-state index contributed by atoms with van der Waals surface area (Å²) in [6.45, 7) is 6.46. The lowest BCUT2D eigenvalue weighted by molar-refractivity contribution is -0.167. The van der Waals surface area contributed by atoms with Crippen LogP contribution in [-0.2, 0) is 28.6 Å². The van der Waals surface area contributed by atoms with Crippen molar-refractivity contribution in [3.63, 3.8) is 0 Å². The molecule has 0 aromatic heterocycles. The van der Waals surface area contributed by atoms with Crippen molar-refractivity contribution in [2.45, 2.75) is 309 Å². The van der Waals surface area contributed by atoms with Crippen LogP contribution in [0.15, 0.2) is 134 Å². The van der Waals surface area contributed by atoms with Crippen LogP contribution in [0.1, 0.15) is 303 Å². The first-order chi connectivity index (χ1) is 40.0.